The van der Waals surface area contributed by atoms with E-state index in [1.54, 1.807) is 0 Å². The Morgan fingerprint density at radius 3 is 2.80 bits per heavy atom. The molecule has 4 heteroatoms. The lowest BCUT2D eigenvalue weighted by Crippen LogP contribution is -2.47. The van der Waals surface area contributed by atoms with Crippen LogP contribution in [0.15, 0.2) is 24.3 Å². The SMILES string of the molecule is N#Cc1ccccc1NC1CCOC2(CCOCC2)C1. The van der Waals surface area contributed by atoms with Crippen LogP contribution < -0.4 is 5.32 Å². The van der Waals surface area contributed by atoms with Crippen LogP contribution in [-0.4, -0.2) is 31.5 Å². The van der Waals surface area contributed by atoms with Gasteiger partial charge in [-0.3, -0.25) is 0 Å². The van der Waals surface area contributed by atoms with Crippen LogP contribution in [0.3, 0.4) is 0 Å². The lowest BCUT2D eigenvalue weighted by molar-refractivity contribution is -0.135. The first-order valence-electron chi connectivity index (χ1n) is 7.29. The van der Waals surface area contributed by atoms with Crippen molar-refractivity contribution in [1.29, 1.82) is 5.26 Å². The highest BCUT2D eigenvalue weighted by Gasteiger charge is 2.39. The molecule has 0 amide bonds. The van der Waals surface area contributed by atoms with Crippen LogP contribution in [0.25, 0.3) is 0 Å². The van der Waals surface area contributed by atoms with Crippen molar-refractivity contribution in [2.45, 2.75) is 37.3 Å². The molecule has 0 aliphatic carbocycles. The van der Waals surface area contributed by atoms with Gasteiger partial charge in [0.1, 0.15) is 6.07 Å². The molecule has 1 aromatic rings. The Bertz CT molecular complexity index is 498. The molecule has 1 unspecified atom stereocenters. The van der Waals surface area contributed by atoms with Gasteiger partial charge in [0.25, 0.3) is 0 Å². The fraction of sp³-hybridized carbons (Fsp3) is 0.562. The standard InChI is InChI=1S/C16H20N2O2/c17-12-13-3-1-2-4-15(13)18-14-5-8-20-16(11-14)6-9-19-10-7-16/h1-4,14,18H,5-11H2. The van der Waals surface area contributed by atoms with Crippen molar-refractivity contribution in [3.63, 3.8) is 0 Å². The van der Waals surface area contributed by atoms with Crippen molar-refractivity contribution in [1.82, 2.24) is 0 Å². The summed E-state index contributed by atoms with van der Waals surface area (Å²) in [6, 6.07) is 10.3. The summed E-state index contributed by atoms with van der Waals surface area (Å²) in [4.78, 5) is 0. The van der Waals surface area contributed by atoms with Gasteiger partial charge in [-0.2, -0.15) is 5.26 Å². The number of nitriles is 1. The highest BCUT2D eigenvalue weighted by atomic mass is 16.5. The Kier molecular flexibility index (Phi) is 3.90. The van der Waals surface area contributed by atoms with Gasteiger partial charge >= 0.3 is 0 Å². The van der Waals surface area contributed by atoms with E-state index in [1.807, 2.05) is 24.3 Å². The van der Waals surface area contributed by atoms with Crippen molar-refractivity contribution >= 4 is 5.69 Å². The van der Waals surface area contributed by atoms with Crippen LogP contribution in [0.2, 0.25) is 0 Å². The third-order valence-corrected chi connectivity index (χ3v) is 4.30. The molecule has 2 aliphatic heterocycles. The van der Waals surface area contributed by atoms with Gasteiger partial charge in [0, 0.05) is 25.9 Å². The summed E-state index contributed by atoms with van der Waals surface area (Å²) in [6.07, 6.45) is 3.94. The van der Waals surface area contributed by atoms with E-state index in [4.69, 9.17) is 14.7 Å². The van der Waals surface area contributed by atoms with Crippen molar-refractivity contribution in [2.75, 3.05) is 25.1 Å². The zero-order valence-electron chi connectivity index (χ0n) is 11.6. The molecule has 2 fully saturated rings. The van der Waals surface area contributed by atoms with Gasteiger partial charge in [0.15, 0.2) is 0 Å². The van der Waals surface area contributed by atoms with Crippen LogP contribution in [0.5, 0.6) is 0 Å². The maximum atomic E-state index is 9.16. The van der Waals surface area contributed by atoms with Crippen LogP contribution in [0.1, 0.15) is 31.2 Å². The monoisotopic (exact) mass is 272 g/mol. The molecule has 0 saturated carbocycles. The van der Waals surface area contributed by atoms with E-state index < -0.39 is 0 Å². The average molecular weight is 272 g/mol. The van der Waals surface area contributed by atoms with E-state index >= 15 is 0 Å². The summed E-state index contributed by atoms with van der Waals surface area (Å²) in [7, 11) is 0. The number of para-hydroxylation sites is 1. The Morgan fingerprint density at radius 1 is 1.20 bits per heavy atom. The molecule has 20 heavy (non-hydrogen) atoms. The summed E-state index contributed by atoms with van der Waals surface area (Å²) in [5, 5.41) is 12.7. The summed E-state index contributed by atoms with van der Waals surface area (Å²) in [5.41, 5.74) is 1.62. The third kappa shape index (κ3) is 2.79. The minimum Gasteiger partial charge on any atom is -0.381 e. The topological polar surface area (TPSA) is 54.3 Å². The molecule has 0 bridgehead atoms. The van der Waals surface area contributed by atoms with Crippen LogP contribution in [0, 0.1) is 11.3 Å². The molecule has 4 nitrogen and oxygen atoms in total. The molecule has 1 N–H and O–H groups in total. The number of anilines is 1. The summed E-state index contributed by atoms with van der Waals surface area (Å²) in [5.74, 6) is 0. The molecule has 0 aromatic heterocycles. The van der Waals surface area contributed by atoms with Gasteiger partial charge < -0.3 is 14.8 Å². The van der Waals surface area contributed by atoms with Gasteiger partial charge in [-0.05, 0) is 37.8 Å². The second-order valence-corrected chi connectivity index (χ2v) is 5.64. The number of hydrogen-bond donors (Lipinski definition) is 1. The Balaban J connectivity index is 1.70. The van der Waals surface area contributed by atoms with Crippen LogP contribution in [0.4, 0.5) is 5.69 Å². The van der Waals surface area contributed by atoms with Crippen molar-refractivity contribution in [3.8, 4) is 6.07 Å². The molecule has 2 aliphatic rings. The maximum absolute atomic E-state index is 9.16. The van der Waals surface area contributed by atoms with E-state index in [9.17, 15) is 0 Å². The van der Waals surface area contributed by atoms with Crippen LogP contribution >= 0.6 is 0 Å². The first-order valence-corrected chi connectivity index (χ1v) is 7.29. The number of nitrogens with one attached hydrogen (secondary N) is 1. The fourth-order valence-electron chi connectivity index (χ4n) is 3.17. The fourth-order valence-corrected chi connectivity index (χ4v) is 3.17. The Labute approximate surface area is 119 Å². The number of rotatable bonds is 2. The number of benzene rings is 1. The summed E-state index contributed by atoms with van der Waals surface area (Å²) >= 11 is 0. The minimum absolute atomic E-state index is 0.0181. The molecule has 106 valence electrons. The van der Waals surface area contributed by atoms with E-state index in [-0.39, 0.29) is 5.60 Å². The van der Waals surface area contributed by atoms with Crippen LogP contribution in [-0.2, 0) is 9.47 Å². The normalized spacial score (nSPS) is 25.1. The number of ether oxygens (including phenoxy) is 2. The predicted molar refractivity (Wildman–Crippen MR) is 76.5 cm³/mol. The number of nitrogens with zero attached hydrogens (tertiary/aromatic N) is 1. The maximum Gasteiger partial charge on any atom is 0.101 e. The quantitative estimate of drug-likeness (QED) is 0.899. The van der Waals surface area contributed by atoms with Gasteiger partial charge in [-0.15, -0.1) is 0 Å². The van der Waals surface area contributed by atoms with Gasteiger partial charge in [0.2, 0.25) is 0 Å². The minimum atomic E-state index is -0.0181. The molecule has 0 radical (unpaired) electrons. The molecular formula is C16H20N2O2. The molecular weight excluding hydrogens is 252 g/mol. The van der Waals surface area contributed by atoms with Crippen molar-refractivity contribution in [2.24, 2.45) is 0 Å². The zero-order valence-corrected chi connectivity index (χ0v) is 11.6. The third-order valence-electron chi connectivity index (χ3n) is 4.30. The summed E-state index contributed by atoms with van der Waals surface area (Å²) < 4.78 is 11.5. The second kappa shape index (κ2) is 5.82. The van der Waals surface area contributed by atoms with Gasteiger partial charge in [-0.1, -0.05) is 12.1 Å². The average Bonchev–Trinajstić information content (AvgIpc) is 2.49. The van der Waals surface area contributed by atoms with E-state index in [2.05, 4.69) is 11.4 Å². The smallest absolute Gasteiger partial charge is 0.101 e. The number of hydrogen-bond acceptors (Lipinski definition) is 4. The molecule has 2 heterocycles. The Hall–Kier alpha value is -1.57. The molecule has 2 saturated heterocycles. The van der Waals surface area contributed by atoms with Crippen molar-refractivity contribution in [3.05, 3.63) is 29.8 Å². The highest BCUT2D eigenvalue weighted by molar-refractivity contribution is 5.57. The lowest BCUT2D eigenvalue weighted by atomic mass is 9.84. The molecule has 3 rings (SSSR count). The van der Waals surface area contributed by atoms with E-state index in [1.165, 1.54) is 0 Å². The molecule has 1 spiro atoms. The van der Waals surface area contributed by atoms with Crippen molar-refractivity contribution < 1.29 is 9.47 Å². The first-order chi connectivity index (χ1) is 9.81. The predicted octanol–water partition coefficient (Wildman–Crippen LogP) is 2.70. The lowest BCUT2D eigenvalue weighted by Gasteiger charge is -2.43. The zero-order chi connectivity index (χ0) is 13.8. The molecule has 1 aromatic carbocycles. The second-order valence-electron chi connectivity index (χ2n) is 5.64. The molecule has 1 atom stereocenters. The Morgan fingerprint density at radius 2 is 2.00 bits per heavy atom. The van der Waals surface area contributed by atoms with E-state index in [0.29, 0.717) is 11.6 Å². The first kappa shape index (κ1) is 13.4. The summed E-state index contributed by atoms with van der Waals surface area (Å²) in [6.45, 7) is 2.37. The largest absolute Gasteiger partial charge is 0.381 e. The van der Waals surface area contributed by atoms with Gasteiger partial charge in [-0.25, -0.2) is 0 Å². The highest BCUT2D eigenvalue weighted by Crippen LogP contribution is 2.35. The van der Waals surface area contributed by atoms with E-state index in [0.717, 1.165) is 51.2 Å². The van der Waals surface area contributed by atoms with Gasteiger partial charge in [0.05, 0.1) is 16.9 Å².